The van der Waals surface area contributed by atoms with Gasteiger partial charge in [0.1, 0.15) is 5.58 Å². The zero-order valence-corrected chi connectivity index (χ0v) is 14.5. The van der Waals surface area contributed by atoms with E-state index in [1.165, 1.54) is 23.1 Å². The van der Waals surface area contributed by atoms with E-state index in [-0.39, 0.29) is 18.3 Å². The first kappa shape index (κ1) is 17.1. The molecule has 0 spiro atoms. The number of hydrogen-bond acceptors (Lipinski definition) is 3. The second kappa shape index (κ2) is 7.41. The van der Waals surface area contributed by atoms with E-state index in [0.717, 1.165) is 48.9 Å². The first-order valence-corrected chi connectivity index (χ1v) is 8.47. The van der Waals surface area contributed by atoms with Gasteiger partial charge in [0.25, 0.3) is 0 Å². The molecule has 1 aromatic carbocycles. The number of hydrogen-bond donors (Lipinski definition) is 2. The third-order valence-electron chi connectivity index (χ3n) is 4.89. The molecule has 0 atom stereocenters. The maximum absolute atomic E-state index is 12.2. The Morgan fingerprint density at radius 1 is 1.21 bits per heavy atom. The summed E-state index contributed by atoms with van der Waals surface area (Å²) in [6.45, 7) is 2.56. The Labute approximate surface area is 148 Å². The van der Waals surface area contributed by atoms with Crippen LogP contribution in [0.2, 0.25) is 0 Å². The highest BCUT2D eigenvalue weighted by Gasteiger charge is 2.16. The average Bonchev–Trinajstić information content (AvgIpc) is 3.19. The van der Waals surface area contributed by atoms with E-state index in [4.69, 9.17) is 4.42 Å². The van der Waals surface area contributed by atoms with Crippen LogP contribution in [0, 0.1) is 0 Å². The fraction of sp³-hybridized carbons (Fsp3) is 0.421. The van der Waals surface area contributed by atoms with Crippen LogP contribution in [-0.4, -0.2) is 25.5 Å². The predicted molar refractivity (Wildman–Crippen MR) is 97.8 cm³/mol. The highest BCUT2D eigenvalue weighted by Crippen LogP contribution is 2.30. The van der Waals surface area contributed by atoms with Crippen molar-refractivity contribution in [2.24, 2.45) is 0 Å². The number of halogens is 1. The molecule has 4 rings (SSSR count). The summed E-state index contributed by atoms with van der Waals surface area (Å²) in [6.07, 6.45) is 8.82. The standard InChI is InChI=1S/C19H22N2O2.ClH/c22-19(21-11-13-4-6-20-7-5-13)10-16-12-23-18-9-15-3-1-2-14(15)8-17(16)18;/h4,8-9,12,20H,1-3,5-7,10-11H2,(H,21,22);1H. The van der Waals surface area contributed by atoms with Crippen LogP contribution in [0.5, 0.6) is 0 Å². The summed E-state index contributed by atoms with van der Waals surface area (Å²) >= 11 is 0. The lowest BCUT2D eigenvalue weighted by Gasteiger charge is -2.14. The van der Waals surface area contributed by atoms with Crippen molar-refractivity contribution in [2.75, 3.05) is 19.6 Å². The maximum Gasteiger partial charge on any atom is 0.224 e. The molecule has 0 saturated heterocycles. The Hall–Kier alpha value is -1.78. The third kappa shape index (κ3) is 3.50. The Kier molecular flexibility index (Phi) is 5.27. The van der Waals surface area contributed by atoms with Crippen molar-refractivity contribution in [3.63, 3.8) is 0 Å². The Balaban J connectivity index is 0.00000169. The number of carbonyl (C=O) groups is 1. The highest BCUT2D eigenvalue weighted by atomic mass is 35.5. The molecule has 1 amide bonds. The molecule has 0 bridgehead atoms. The minimum Gasteiger partial charge on any atom is -0.464 e. The molecule has 0 fully saturated rings. The van der Waals surface area contributed by atoms with Gasteiger partial charge in [-0.2, -0.15) is 0 Å². The van der Waals surface area contributed by atoms with Crippen LogP contribution >= 0.6 is 12.4 Å². The van der Waals surface area contributed by atoms with Gasteiger partial charge in [-0.15, -0.1) is 12.4 Å². The molecular weight excluding hydrogens is 324 g/mol. The zero-order chi connectivity index (χ0) is 15.6. The Morgan fingerprint density at radius 2 is 2.04 bits per heavy atom. The summed E-state index contributed by atoms with van der Waals surface area (Å²) in [4.78, 5) is 12.2. The SMILES string of the molecule is Cl.O=C(Cc1coc2cc3c(cc12)CCC3)NCC1=CCNCC1. The van der Waals surface area contributed by atoms with Gasteiger partial charge in [0.05, 0.1) is 12.7 Å². The van der Waals surface area contributed by atoms with Crippen molar-refractivity contribution in [1.29, 1.82) is 0 Å². The second-order valence-corrected chi connectivity index (χ2v) is 6.50. The monoisotopic (exact) mass is 346 g/mol. The number of furan rings is 1. The molecule has 2 heterocycles. The van der Waals surface area contributed by atoms with E-state index >= 15 is 0 Å². The smallest absolute Gasteiger partial charge is 0.224 e. The van der Waals surface area contributed by atoms with Gasteiger partial charge in [-0.3, -0.25) is 4.79 Å². The molecule has 4 nitrogen and oxygen atoms in total. The topological polar surface area (TPSA) is 54.3 Å². The zero-order valence-electron chi connectivity index (χ0n) is 13.7. The second-order valence-electron chi connectivity index (χ2n) is 6.50. The molecule has 0 unspecified atom stereocenters. The van der Waals surface area contributed by atoms with E-state index in [0.29, 0.717) is 13.0 Å². The molecule has 2 aliphatic rings. The van der Waals surface area contributed by atoms with Gasteiger partial charge in [-0.1, -0.05) is 11.6 Å². The normalized spacial score (nSPS) is 16.4. The van der Waals surface area contributed by atoms with Crippen molar-refractivity contribution in [3.05, 3.63) is 46.7 Å². The quantitative estimate of drug-likeness (QED) is 0.837. The van der Waals surface area contributed by atoms with Gasteiger partial charge in [-0.25, -0.2) is 0 Å². The number of amides is 1. The van der Waals surface area contributed by atoms with Crippen molar-refractivity contribution >= 4 is 29.3 Å². The molecule has 24 heavy (non-hydrogen) atoms. The molecule has 1 aliphatic carbocycles. The van der Waals surface area contributed by atoms with E-state index in [2.05, 4.69) is 28.8 Å². The molecule has 5 heteroatoms. The van der Waals surface area contributed by atoms with Gasteiger partial charge in [0, 0.05) is 24.0 Å². The predicted octanol–water partition coefficient (Wildman–Crippen LogP) is 2.92. The number of nitrogens with one attached hydrogen (secondary N) is 2. The van der Waals surface area contributed by atoms with E-state index in [1.807, 2.05) is 0 Å². The summed E-state index contributed by atoms with van der Waals surface area (Å²) in [5.74, 6) is 0.0626. The Morgan fingerprint density at radius 3 is 2.83 bits per heavy atom. The van der Waals surface area contributed by atoms with Crippen LogP contribution in [0.25, 0.3) is 11.0 Å². The van der Waals surface area contributed by atoms with Crippen molar-refractivity contribution in [2.45, 2.75) is 32.1 Å². The fourth-order valence-electron chi connectivity index (χ4n) is 3.56. The van der Waals surface area contributed by atoms with Crippen LogP contribution < -0.4 is 10.6 Å². The minimum absolute atomic E-state index is 0. The minimum atomic E-state index is 0. The number of carbonyl (C=O) groups excluding carboxylic acids is 1. The molecule has 1 aromatic heterocycles. The van der Waals surface area contributed by atoms with Gasteiger partial charge >= 0.3 is 0 Å². The van der Waals surface area contributed by atoms with Gasteiger partial charge in [0.15, 0.2) is 0 Å². The van der Waals surface area contributed by atoms with Crippen LogP contribution in [-0.2, 0) is 24.1 Å². The molecule has 0 saturated carbocycles. The largest absolute Gasteiger partial charge is 0.464 e. The summed E-state index contributed by atoms with van der Waals surface area (Å²) < 4.78 is 5.67. The summed E-state index contributed by atoms with van der Waals surface area (Å²) in [5, 5.41) is 7.41. The lowest BCUT2D eigenvalue weighted by atomic mass is 10.0. The lowest BCUT2D eigenvalue weighted by Crippen LogP contribution is -2.30. The number of rotatable bonds is 4. The van der Waals surface area contributed by atoms with E-state index < -0.39 is 0 Å². The summed E-state index contributed by atoms with van der Waals surface area (Å²) in [7, 11) is 0. The van der Waals surface area contributed by atoms with Crippen molar-refractivity contribution in [3.8, 4) is 0 Å². The third-order valence-corrected chi connectivity index (χ3v) is 4.89. The van der Waals surface area contributed by atoms with Crippen LogP contribution in [0.1, 0.15) is 29.5 Å². The number of aryl methyl sites for hydroxylation is 2. The van der Waals surface area contributed by atoms with Gasteiger partial charge in [-0.05, 0) is 55.5 Å². The van der Waals surface area contributed by atoms with E-state index in [9.17, 15) is 4.79 Å². The van der Waals surface area contributed by atoms with E-state index in [1.54, 1.807) is 6.26 Å². The van der Waals surface area contributed by atoms with Crippen molar-refractivity contribution < 1.29 is 9.21 Å². The summed E-state index contributed by atoms with van der Waals surface area (Å²) in [6, 6.07) is 4.37. The first-order valence-electron chi connectivity index (χ1n) is 8.47. The fourth-order valence-corrected chi connectivity index (χ4v) is 3.56. The molecule has 2 N–H and O–H groups in total. The average molecular weight is 347 g/mol. The number of fused-ring (bicyclic) bond motifs is 2. The van der Waals surface area contributed by atoms with Gasteiger partial charge < -0.3 is 15.1 Å². The Bertz CT molecular complexity index is 779. The molecule has 128 valence electrons. The number of benzene rings is 1. The molecular formula is C19H23ClN2O2. The van der Waals surface area contributed by atoms with Gasteiger partial charge in [0.2, 0.25) is 5.91 Å². The molecule has 0 radical (unpaired) electrons. The lowest BCUT2D eigenvalue weighted by molar-refractivity contribution is -0.120. The van der Waals surface area contributed by atoms with Crippen LogP contribution in [0.15, 0.2) is 34.5 Å². The first-order chi connectivity index (χ1) is 11.3. The van der Waals surface area contributed by atoms with Crippen molar-refractivity contribution in [1.82, 2.24) is 10.6 Å². The van der Waals surface area contributed by atoms with Crippen LogP contribution in [0.3, 0.4) is 0 Å². The maximum atomic E-state index is 12.2. The van der Waals surface area contributed by atoms with Crippen LogP contribution in [0.4, 0.5) is 0 Å². The summed E-state index contributed by atoms with van der Waals surface area (Å²) in [5.41, 5.74) is 6.04. The highest BCUT2D eigenvalue weighted by molar-refractivity contribution is 5.88. The molecule has 2 aromatic rings. The molecule has 1 aliphatic heterocycles.